The molecule has 1 atom stereocenters. The first-order valence-corrected chi connectivity index (χ1v) is 9.07. The van der Waals surface area contributed by atoms with Gasteiger partial charge in [-0.1, -0.05) is 48.5 Å². The molecule has 3 aromatic carbocycles. The minimum Gasteiger partial charge on any atom is -0.457 e. The van der Waals surface area contributed by atoms with Crippen molar-refractivity contribution < 1.29 is 14.3 Å². The highest BCUT2D eigenvalue weighted by Crippen LogP contribution is 2.21. The molecule has 0 fully saturated rings. The monoisotopic (exact) mass is 374 g/mol. The Labute approximate surface area is 164 Å². The van der Waals surface area contributed by atoms with Gasteiger partial charge in [-0.3, -0.25) is 9.59 Å². The van der Waals surface area contributed by atoms with Crippen LogP contribution in [0.5, 0.6) is 11.5 Å². The van der Waals surface area contributed by atoms with E-state index in [2.05, 4.69) is 10.6 Å². The van der Waals surface area contributed by atoms with Gasteiger partial charge in [0.05, 0.1) is 12.6 Å². The summed E-state index contributed by atoms with van der Waals surface area (Å²) in [6.07, 6.45) is 0. The summed E-state index contributed by atoms with van der Waals surface area (Å²) in [7, 11) is 0. The van der Waals surface area contributed by atoms with E-state index in [1.165, 1.54) is 0 Å². The van der Waals surface area contributed by atoms with Crippen LogP contribution in [0.4, 0.5) is 0 Å². The molecule has 0 aromatic heterocycles. The van der Waals surface area contributed by atoms with Gasteiger partial charge in [-0.2, -0.15) is 0 Å². The van der Waals surface area contributed by atoms with Gasteiger partial charge in [0.2, 0.25) is 5.91 Å². The summed E-state index contributed by atoms with van der Waals surface area (Å²) in [6.45, 7) is 1.82. The van der Waals surface area contributed by atoms with Crippen molar-refractivity contribution in [2.45, 2.75) is 13.0 Å². The molecule has 2 N–H and O–H groups in total. The third-order valence-electron chi connectivity index (χ3n) is 4.18. The van der Waals surface area contributed by atoms with Crippen molar-refractivity contribution in [1.29, 1.82) is 0 Å². The number of para-hydroxylation sites is 1. The average Bonchev–Trinajstić information content (AvgIpc) is 2.74. The summed E-state index contributed by atoms with van der Waals surface area (Å²) >= 11 is 0. The largest absolute Gasteiger partial charge is 0.457 e. The molecule has 2 amide bonds. The number of hydrogen-bond donors (Lipinski definition) is 2. The predicted molar refractivity (Wildman–Crippen MR) is 108 cm³/mol. The van der Waals surface area contributed by atoms with E-state index in [0.29, 0.717) is 11.3 Å². The second-order valence-electron chi connectivity index (χ2n) is 6.32. The van der Waals surface area contributed by atoms with Crippen LogP contribution in [-0.2, 0) is 4.79 Å². The number of amides is 2. The smallest absolute Gasteiger partial charge is 0.251 e. The first kappa shape index (κ1) is 19.2. The van der Waals surface area contributed by atoms with Gasteiger partial charge >= 0.3 is 0 Å². The van der Waals surface area contributed by atoms with E-state index in [1.807, 2.05) is 67.6 Å². The zero-order chi connectivity index (χ0) is 19.8. The van der Waals surface area contributed by atoms with Crippen molar-refractivity contribution >= 4 is 11.8 Å². The van der Waals surface area contributed by atoms with Gasteiger partial charge in [0.15, 0.2) is 0 Å². The lowest BCUT2D eigenvalue weighted by molar-refractivity contribution is -0.120. The Bertz CT molecular complexity index is 910. The molecular weight excluding hydrogens is 352 g/mol. The van der Waals surface area contributed by atoms with Gasteiger partial charge in [-0.25, -0.2) is 0 Å². The lowest BCUT2D eigenvalue weighted by Crippen LogP contribution is -2.38. The molecule has 0 bridgehead atoms. The van der Waals surface area contributed by atoms with Crippen molar-refractivity contribution in [2.24, 2.45) is 0 Å². The Balaban J connectivity index is 1.48. The van der Waals surface area contributed by atoms with E-state index >= 15 is 0 Å². The number of ether oxygens (including phenoxy) is 1. The number of carbonyl (C=O) groups is 2. The Morgan fingerprint density at radius 2 is 1.39 bits per heavy atom. The Hall–Kier alpha value is -3.60. The molecule has 0 radical (unpaired) electrons. The molecule has 0 spiro atoms. The summed E-state index contributed by atoms with van der Waals surface area (Å²) in [5.74, 6) is 0.809. The topological polar surface area (TPSA) is 67.4 Å². The zero-order valence-electron chi connectivity index (χ0n) is 15.6. The van der Waals surface area contributed by atoms with Crippen LogP contribution >= 0.6 is 0 Å². The fourth-order valence-electron chi connectivity index (χ4n) is 2.68. The molecule has 0 aliphatic rings. The van der Waals surface area contributed by atoms with Crippen LogP contribution in [0.15, 0.2) is 84.9 Å². The minimum atomic E-state index is -0.311. The molecule has 0 saturated heterocycles. The number of rotatable bonds is 7. The average molecular weight is 374 g/mol. The van der Waals surface area contributed by atoms with Crippen LogP contribution < -0.4 is 15.4 Å². The number of nitrogens with one attached hydrogen (secondary N) is 2. The van der Waals surface area contributed by atoms with E-state index in [4.69, 9.17) is 4.74 Å². The van der Waals surface area contributed by atoms with Crippen molar-refractivity contribution in [3.63, 3.8) is 0 Å². The lowest BCUT2D eigenvalue weighted by Gasteiger charge is -2.14. The molecule has 5 nitrogen and oxygen atoms in total. The summed E-state index contributed by atoms with van der Waals surface area (Å²) < 4.78 is 5.70. The second kappa shape index (κ2) is 9.37. The van der Waals surface area contributed by atoms with Gasteiger partial charge in [-0.05, 0) is 48.9 Å². The maximum absolute atomic E-state index is 12.2. The second-order valence-corrected chi connectivity index (χ2v) is 6.32. The van der Waals surface area contributed by atoms with Crippen molar-refractivity contribution in [2.75, 3.05) is 6.54 Å². The molecule has 0 heterocycles. The number of carbonyl (C=O) groups excluding carboxylic acids is 2. The highest BCUT2D eigenvalue weighted by atomic mass is 16.5. The van der Waals surface area contributed by atoms with E-state index in [-0.39, 0.29) is 24.4 Å². The molecule has 0 aliphatic heterocycles. The maximum Gasteiger partial charge on any atom is 0.251 e. The quantitative estimate of drug-likeness (QED) is 0.655. The van der Waals surface area contributed by atoms with Gasteiger partial charge in [0.25, 0.3) is 5.91 Å². The number of hydrogen-bond acceptors (Lipinski definition) is 3. The Kier molecular flexibility index (Phi) is 6.41. The fraction of sp³-hybridized carbons (Fsp3) is 0.130. The first-order valence-electron chi connectivity index (χ1n) is 9.07. The van der Waals surface area contributed by atoms with Crippen LogP contribution in [0.3, 0.4) is 0 Å². The van der Waals surface area contributed by atoms with E-state index < -0.39 is 0 Å². The molecule has 0 saturated carbocycles. The summed E-state index contributed by atoms with van der Waals surface area (Å²) in [4.78, 5) is 24.3. The van der Waals surface area contributed by atoms with Gasteiger partial charge in [-0.15, -0.1) is 0 Å². The molecule has 28 heavy (non-hydrogen) atoms. The minimum absolute atomic E-state index is 0.0850. The van der Waals surface area contributed by atoms with Crippen LogP contribution in [-0.4, -0.2) is 18.4 Å². The molecule has 5 heteroatoms. The van der Waals surface area contributed by atoms with E-state index in [0.717, 1.165) is 11.3 Å². The summed E-state index contributed by atoms with van der Waals surface area (Å²) in [5.41, 5.74) is 1.47. The van der Waals surface area contributed by atoms with Crippen LogP contribution in [0.1, 0.15) is 28.9 Å². The maximum atomic E-state index is 12.2. The first-order chi connectivity index (χ1) is 13.6. The molecule has 0 unspecified atom stereocenters. The molecule has 3 aromatic rings. The van der Waals surface area contributed by atoms with Crippen LogP contribution in [0.2, 0.25) is 0 Å². The molecule has 142 valence electrons. The lowest BCUT2D eigenvalue weighted by atomic mass is 10.1. The Morgan fingerprint density at radius 1 is 0.821 bits per heavy atom. The molecule has 3 rings (SSSR count). The summed E-state index contributed by atoms with van der Waals surface area (Å²) in [6, 6.07) is 25.7. The third-order valence-corrected chi connectivity index (χ3v) is 4.18. The fourth-order valence-corrected chi connectivity index (χ4v) is 2.68. The van der Waals surface area contributed by atoms with E-state index in [9.17, 15) is 9.59 Å². The highest BCUT2D eigenvalue weighted by molar-refractivity contribution is 5.96. The van der Waals surface area contributed by atoms with Gasteiger partial charge in [0.1, 0.15) is 11.5 Å². The molecular formula is C23H22N2O3. The van der Waals surface area contributed by atoms with Gasteiger partial charge < -0.3 is 15.4 Å². The highest BCUT2D eigenvalue weighted by Gasteiger charge is 2.11. The van der Waals surface area contributed by atoms with Crippen molar-refractivity contribution in [3.05, 3.63) is 96.1 Å². The van der Waals surface area contributed by atoms with Crippen LogP contribution in [0, 0.1) is 0 Å². The van der Waals surface area contributed by atoms with E-state index in [1.54, 1.807) is 24.3 Å². The SMILES string of the molecule is C[C@@H](NC(=O)CNC(=O)c1ccc(Oc2ccccc2)cc1)c1ccccc1. The van der Waals surface area contributed by atoms with Crippen molar-refractivity contribution in [1.82, 2.24) is 10.6 Å². The van der Waals surface area contributed by atoms with Gasteiger partial charge in [0, 0.05) is 5.56 Å². The number of benzene rings is 3. The van der Waals surface area contributed by atoms with Crippen LogP contribution in [0.25, 0.3) is 0 Å². The third kappa shape index (κ3) is 5.45. The zero-order valence-corrected chi connectivity index (χ0v) is 15.6. The van der Waals surface area contributed by atoms with Crippen molar-refractivity contribution in [3.8, 4) is 11.5 Å². The predicted octanol–water partition coefficient (Wildman–Crippen LogP) is 4.09. The molecule has 0 aliphatic carbocycles. The standard InChI is InChI=1S/C23H22N2O3/c1-17(18-8-4-2-5-9-18)25-22(26)16-24-23(27)19-12-14-21(15-13-19)28-20-10-6-3-7-11-20/h2-15,17H,16H2,1H3,(H,24,27)(H,25,26)/t17-/m1/s1. The summed E-state index contributed by atoms with van der Waals surface area (Å²) in [5, 5.41) is 5.50. The normalized spacial score (nSPS) is 11.3. The Morgan fingerprint density at radius 3 is 2.04 bits per heavy atom.